The smallest absolute Gasteiger partial charge is 0.340 e. The third-order valence-corrected chi connectivity index (χ3v) is 5.89. The Morgan fingerprint density at radius 2 is 2.03 bits per heavy atom. The van der Waals surface area contributed by atoms with E-state index in [0.29, 0.717) is 23.0 Å². The van der Waals surface area contributed by atoms with Crippen LogP contribution < -0.4 is 5.32 Å². The maximum Gasteiger partial charge on any atom is 0.340 e. The van der Waals surface area contributed by atoms with Gasteiger partial charge in [-0.15, -0.1) is 10.2 Å². The molecule has 1 aliphatic rings. The lowest BCUT2D eigenvalue weighted by atomic mass is 9.97. The summed E-state index contributed by atoms with van der Waals surface area (Å²) in [5.74, 6) is 0.809. The first-order valence-electron chi connectivity index (χ1n) is 10.3. The first-order valence-corrected chi connectivity index (χ1v) is 11.2. The van der Waals surface area contributed by atoms with Gasteiger partial charge in [0.1, 0.15) is 0 Å². The second-order valence-electron chi connectivity index (χ2n) is 7.32. The summed E-state index contributed by atoms with van der Waals surface area (Å²) in [7, 11) is 0. The number of likely N-dealkylation sites (tertiary alicyclic amines) is 1. The lowest BCUT2D eigenvalue weighted by molar-refractivity contribution is -0.117. The number of nitrogens with zero attached hydrogens (tertiary/aromatic N) is 3. The Morgan fingerprint density at radius 3 is 2.77 bits per heavy atom. The maximum absolute atomic E-state index is 12.6. The molecule has 31 heavy (non-hydrogen) atoms. The molecule has 1 amide bonds. The van der Waals surface area contributed by atoms with Crippen molar-refractivity contribution in [3.05, 3.63) is 52.5 Å². The van der Waals surface area contributed by atoms with Crippen LogP contribution >= 0.6 is 11.3 Å². The first-order chi connectivity index (χ1) is 15.1. The molecule has 1 aliphatic heterocycles. The molecule has 1 fully saturated rings. The molecule has 0 atom stereocenters. The van der Waals surface area contributed by atoms with E-state index in [1.807, 2.05) is 16.8 Å². The van der Waals surface area contributed by atoms with Crippen molar-refractivity contribution in [3.8, 4) is 11.5 Å². The van der Waals surface area contributed by atoms with Crippen LogP contribution in [0.2, 0.25) is 0 Å². The quantitative estimate of drug-likeness (QED) is 0.558. The Bertz CT molecular complexity index is 1030. The van der Waals surface area contributed by atoms with E-state index in [2.05, 4.69) is 20.4 Å². The lowest BCUT2D eigenvalue weighted by Crippen LogP contribution is -2.39. The Morgan fingerprint density at radius 1 is 1.23 bits per heavy atom. The summed E-state index contributed by atoms with van der Waals surface area (Å²) in [5.41, 5.74) is 1.77. The van der Waals surface area contributed by atoms with Gasteiger partial charge in [-0.25, -0.2) is 4.79 Å². The number of nitrogens with one attached hydrogen (secondary N) is 1. The third-order valence-electron chi connectivity index (χ3n) is 5.21. The molecule has 9 heteroatoms. The normalized spacial score (nSPS) is 15.0. The van der Waals surface area contributed by atoms with E-state index >= 15 is 0 Å². The molecule has 0 spiro atoms. The van der Waals surface area contributed by atoms with Crippen LogP contribution in [0, 0.1) is 0 Å². The van der Waals surface area contributed by atoms with E-state index in [0.717, 1.165) is 31.5 Å². The van der Waals surface area contributed by atoms with Crippen LogP contribution in [0.25, 0.3) is 11.5 Å². The number of amides is 1. The van der Waals surface area contributed by atoms with Gasteiger partial charge in [0.2, 0.25) is 17.7 Å². The second-order valence-corrected chi connectivity index (χ2v) is 8.10. The molecule has 0 saturated carbocycles. The lowest BCUT2D eigenvalue weighted by Gasteiger charge is -2.29. The SMILES string of the molecule is CCOC(=O)c1ccccc1NC(=O)CN1CCC(c2nnc(-c3ccsc3)o2)CC1. The molecule has 2 aromatic heterocycles. The average Bonchev–Trinajstić information content (AvgIpc) is 3.47. The first kappa shape index (κ1) is 21.2. The maximum atomic E-state index is 12.6. The van der Waals surface area contributed by atoms with E-state index in [9.17, 15) is 9.59 Å². The number of carbonyl (C=O) groups excluding carboxylic acids is 2. The molecular formula is C22H24N4O4S. The van der Waals surface area contributed by atoms with Gasteiger partial charge in [0, 0.05) is 16.9 Å². The van der Waals surface area contributed by atoms with E-state index in [1.165, 1.54) is 0 Å². The number of hydrogen-bond acceptors (Lipinski definition) is 8. The molecule has 3 heterocycles. The molecule has 0 bridgehead atoms. The molecular weight excluding hydrogens is 416 g/mol. The minimum absolute atomic E-state index is 0.160. The van der Waals surface area contributed by atoms with Gasteiger partial charge in [-0.2, -0.15) is 11.3 Å². The molecule has 162 valence electrons. The van der Waals surface area contributed by atoms with Crippen LogP contribution in [0.1, 0.15) is 41.9 Å². The fraction of sp³-hybridized carbons (Fsp3) is 0.364. The number of ether oxygens (including phenoxy) is 1. The summed E-state index contributed by atoms with van der Waals surface area (Å²) in [5, 5.41) is 15.2. The fourth-order valence-electron chi connectivity index (χ4n) is 3.61. The van der Waals surface area contributed by atoms with Gasteiger partial charge >= 0.3 is 5.97 Å². The zero-order valence-electron chi connectivity index (χ0n) is 17.2. The highest BCUT2D eigenvalue weighted by atomic mass is 32.1. The summed E-state index contributed by atoms with van der Waals surface area (Å²) in [4.78, 5) is 26.7. The number of rotatable bonds is 7. The second kappa shape index (κ2) is 9.84. The fourth-order valence-corrected chi connectivity index (χ4v) is 4.24. The number of anilines is 1. The predicted octanol–water partition coefficient (Wildman–Crippen LogP) is 3.79. The standard InChI is InChI=1S/C22H24N4O4S/c1-2-29-22(28)17-5-3-4-6-18(17)23-19(27)13-26-10-7-15(8-11-26)20-24-25-21(30-20)16-9-12-31-14-16/h3-6,9,12,14-15H,2,7-8,10-11,13H2,1H3,(H,23,27). The molecule has 0 radical (unpaired) electrons. The van der Waals surface area contributed by atoms with Crippen LogP contribution in [0.4, 0.5) is 5.69 Å². The Hall–Kier alpha value is -3.04. The molecule has 1 N–H and O–H groups in total. The van der Waals surface area contributed by atoms with Crippen molar-refractivity contribution >= 4 is 28.9 Å². The van der Waals surface area contributed by atoms with Gasteiger partial charge in [-0.1, -0.05) is 12.1 Å². The molecule has 0 aliphatic carbocycles. The van der Waals surface area contributed by atoms with Gasteiger partial charge in [0.05, 0.1) is 24.4 Å². The highest BCUT2D eigenvalue weighted by Gasteiger charge is 2.26. The highest BCUT2D eigenvalue weighted by molar-refractivity contribution is 7.08. The summed E-state index contributed by atoms with van der Waals surface area (Å²) >= 11 is 1.59. The van der Waals surface area contributed by atoms with Crippen LogP contribution in [0.5, 0.6) is 0 Å². The number of piperidine rings is 1. The minimum atomic E-state index is -0.444. The number of esters is 1. The van der Waals surface area contributed by atoms with Gasteiger partial charge < -0.3 is 14.5 Å². The third kappa shape index (κ3) is 5.18. The summed E-state index contributed by atoms with van der Waals surface area (Å²) < 4.78 is 10.9. The molecule has 3 aromatic rings. The van der Waals surface area contributed by atoms with Crippen LogP contribution in [0.15, 0.2) is 45.5 Å². The zero-order chi connectivity index (χ0) is 21.6. The Balaban J connectivity index is 1.29. The van der Waals surface area contributed by atoms with Crippen LogP contribution in [-0.4, -0.2) is 53.2 Å². The number of hydrogen-bond donors (Lipinski definition) is 1. The van der Waals surface area contributed by atoms with Crippen molar-refractivity contribution in [1.82, 2.24) is 15.1 Å². The van der Waals surface area contributed by atoms with Gasteiger partial charge in [-0.05, 0) is 56.4 Å². The highest BCUT2D eigenvalue weighted by Crippen LogP contribution is 2.30. The predicted molar refractivity (Wildman–Crippen MR) is 117 cm³/mol. The number of benzene rings is 1. The summed E-state index contributed by atoms with van der Waals surface area (Å²) in [6, 6.07) is 8.83. The molecule has 8 nitrogen and oxygen atoms in total. The number of para-hydroxylation sites is 1. The summed E-state index contributed by atoms with van der Waals surface area (Å²) in [6.45, 7) is 3.81. The summed E-state index contributed by atoms with van der Waals surface area (Å²) in [6.07, 6.45) is 1.69. The zero-order valence-corrected chi connectivity index (χ0v) is 18.1. The van der Waals surface area contributed by atoms with Crippen molar-refractivity contribution in [2.45, 2.75) is 25.7 Å². The van der Waals surface area contributed by atoms with Crippen LogP contribution in [-0.2, 0) is 9.53 Å². The van der Waals surface area contributed by atoms with Crippen LogP contribution in [0.3, 0.4) is 0 Å². The Labute approximate surface area is 184 Å². The van der Waals surface area contributed by atoms with Crippen molar-refractivity contribution in [2.75, 3.05) is 31.6 Å². The number of aromatic nitrogens is 2. The van der Waals surface area contributed by atoms with Crippen molar-refractivity contribution in [1.29, 1.82) is 0 Å². The van der Waals surface area contributed by atoms with Crippen molar-refractivity contribution in [3.63, 3.8) is 0 Å². The molecule has 0 unspecified atom stereocenters. The molecule has 1 saturated heterocycles. The average molecular weight is 441 g/mol. The van der Waals surface area contributed by atoms with Crippen molar-refractivity contribution < 1.29 is 18.7 Å². The minimum Gasteiger partial charge on any atom is -0.462 e. The van der Waals surface area contributed by atoms with E-state index in [4.69, 9.17) is 9.15 Å². The van der Waals surface area contributed by atoms with E-state index in [1.54, 1.807) is 42.5 Å². The monoisotopic (exact) mass is 440 g/mol. The largest absolute Gasteiger partial charge is 0.462 e. The number of thiophene rings is 1. The van der Waals surface area contributed by atoms with Gasteiger partial charge in [0.15, 0.2) is 0 Å². The molecule has 1 aromatic carbocycles. The topological polar surface area (TPSA) is 97.6 Å². The van der Waals surface area contributed by atoms with Gasteiger partial charge in [-0.3, -0.25) is 9.69 Å². The number of carbonyl (C=O) groups is 2. The Kier molecular flexibility index (Phi) is 6.73. The van der Waals surface area contributed by atoms with E-state index in [-0.39, 0.29) is 25.0 Å². The van der Waals surface area contributed by atoms with Crippen molar-refractivity contribution in [2.24, 2.45) is 0 Å². The van der Waals surface area contributed by atoms with E-state index < -0.39 is 5.97 Å². The van der Waals surface area contributed by atoms with Gasteiger partial charge in [0.25, 0.3) is 0 Å². The molecule has 4 rings (SSSR count).